The van der Waals surface area contributed by atoms with Gasteiger partial charge in [0.2, 0.25) is 5.91 Å². The van der Waals surface area contributed by atoms with Gasteiger partial charge in [-0.05, 0) is 30.7 Å². The van der Waals surface area contributed by atoms with Gasteiger partial charge in [-0.1, -0.05) is 12.1 Å². The lowest BCUT2D eigenvalue weighted by atomic mass is 10.2. The normalized spacial score (nSPS) is 10.1. The number of thioether (sulfide) groups is 1. The third-order valence-corrected chi connectivity index (χ3v) is 3.31. The van der Waals surface area contributed by atoms with Gasteiger partial charge < -0.3 is 5.73 Å². The number of para-hydroxylation sites is 1. The van der Waals surface area contributed by atoms with Crippen molar-refractivity contribution in [1.29, 1.82) is 0 Å². The highest BCUT2D eigenvalue weighted by atomic mass is 32.2. The third kappa shape index (κ3) is 4.55. The molecule has 0 fully saturated rings. The van der Waals surface area contributed by atoms with Gasteiger partial charge >= 0.3 is 0 Å². The highest BCUT2D eigenvalue weighted by Gasteiger charge is 2.00. The molecule has 0 aliphatic carbocycles. The molecule has 4 nitrogen and oxygen atoms in total. The molecule has 16 heavy (non-hydrogen) atoms. The lowest BCUT2D eigenvalue weighted by Crippen LogP contribution is -2.29. The Hall–Kier alpha value is -1.20. The fourth-order valence-electron chi connectivity index (χ4n) is 1.25. The standard InChI is InChI=1S/C11H17N3OS/c12-9-5-1-2-6-10(9)16-8-4-3-7-11(15)14-13/h1-2,5-6H,3-4,7-8,12-13H2,(H,14,15). The molecule has 0 bridgehead atoms. The van der Waals surface area contributed by atoms with Crippen LogP contribution in [0.3, 0.4) is 0 Å². The van der Waals surface area contributed by atoms with Gasteiger partial charge in [0.25, 0.3) is 0 Å². The molecule has 88 valence electrons. The van der Waals surface area contributed by atoms with Crippen molar-refractivity contribution in [2.45, 2.75) is 24.2 Å². The third-order valence-electron chi connectivity index (χ3n) is 2.14. The summed E-state index contributed by atoms with van der Waals surface area (Å²) in [5.41, 5.74) is 8.73. The summed E-state index contributed by atoms with van der Waals surface area (Å²) in [6, 6.07) is 7.79. The lowest BCUT2D eigenvalue weighted by molar-refractivity contribution is -0.121. The SMILES string of the molecule is NNC(=O)CCCCSc1ccccc1N. The van der Waals surface area contributed by atoms with Crippen LogP contribution in [0.15, 0.2) is 29.2 Å². The highest BCUT2D eigenvalue weighted by Crippen LogP contribution is 2.25. The summed E-state index contributed by atoms with van der Waals surface area (Å²) in [5.74, 6) is 5.83. The Morgan fingerprint density at radius 1 is 1.31 bits per heavy atom. The minimum Gasteiger partial charge on any atom is -0.398 e. The number of carbonyl (C=O) groups is 1. The fourth-order valence-corrected chi connectivity index (χ4v) is 2.23. The summed E-state index contributed by atoms with van der Waals surface area (Å²) in [6.45, 7) is 0. The summed E-state index contributed by atoms with van der Waals surface area (Å²) >= 11 is 1.72. The molecule has 5 N–H and O–H groups in total. The molecule has 0 saturated heterocycles. The predicted octanol–water partition coefficient (Wildman–Crippen LogP) is 1.52. The molecule has 1 rings (SSSR count). The van der Waals surface area contributed by atoms with Crippen LogP contribution in [0.1, 0.15) is 19.3 Å². The Kier molecular flexibility index (Phi) is 5.74. The number of carbonyl (C=O) groups excluding carboxylic acids is 1. The zero-order valence-corrected chi connectivity index (χ0v) is 9.93. The van der Waals surface area contributed by atoms with Crippen LogP contribution in [0, 0.1) is 0 Å². The summed E-state index contributed by atoms with van der Waals surface area (Å²) in [6.07, 6.45) is 2.32. The van der Waals surface area contributed by atoms with Crippen molar-refractivity contribution >= 4 is 23.4 Å². The average molecular weight is 239 g/mol. The molecule has 0 aliphatic rings. The van der Waals surface area contributed by atoms with Crippen LogP contribution in [0.4, 0.5) is 5.69 Å². The largest absolute Gasteiger partial charge is 0.398 e. The second kappa shape index (κ2) is 7.14. The molecule has 0 unspecified atom stereocenters. The summed E-state index contributed by atoms with van der Waals surface area (Å²) in [5, 5.41) is 0. The molecular weight excluding hydrogens is 222 g/mol. The zero-order valence-electron chi connectivity index (χ0n) is 9.11. The number of hydrazine groups is 1. The fraction of sp³-hybridized carbons (Fsp3) is 0.364. The van der Waals surface area contributed by atoms with Gasteiger partial charge in [0.05, 0.1) is 0 Å². The maximum Gasteiger partial charge on any atom is 0.233 e. The molecular formula is C11H17N3OS. The molecule has 0 radical (unpaired) electrons. The van der Waals surface area contributed by atoms with Crippen molar-refractivity contribution in [3.8, 4) is 0 Å². The minimum absolute atomic E-state index is 0.107. The predicted molar refractivity (Wildman–Crippen MR) is 67.8 cm³/mol. The molecule has 0 saturated carbocycles. The van der Waals surface area contributed by atoms with Crippen LogP contribution in [-0.4, -0.2) is 11.7 Å². The summed E-state index contributed by atoms with van der Waals surface area (Å²) in [4.78, 5) is 11.9. The monoisotopic (exact) mass is 239 g/mol. The van der Waals surface area contributed by atoms with E-state index in [1.165, 1.54) is 0 Å². The molecule has 1 aromatic carbocycles. The van der Waals surface area contributed by atoms with Crippen molar-refractivity contribution in [1.82, 2.24) is 5.43 Å². The summed E-state index contributed by atoms with van der Waals surface area (Å²) in [7, 11) is 0. The molecule has 0 spiro atoms. The van der Waals surface area contributed by atoms with Crippen molar-refractivity contribution < 1.29 is 4.79 Å². The molecule has 1 aromatic rings. The first-order valence-electron chi connectivity index (χ1n) is 5.21. The van der Waals surface area contributed by atoms with Crippen LogP contribution < -0.4 is 17.0 Å². The van der Waals surface area contributed by atoms with E-state index in [2.05, 4.69) is 5.43 Å². The topological polar surface area (TPSA) is 81.1 Å². The maximum atomic E-state index is 10.8. The average Bonchev–Trinajstić information content (AvgIpc) is 2.30. The highest BCUT2D eigenvalue weighted by molar-refractivity contribution is 7.99. The number of nitrogen functional groups attached to an aromatic ring is 1. The number of unbranched alkanes of at least 4 members (excludes halogenated alkanes) is 1. The first kappa shape index (κ1) is 12.9. The molecule has 0 aromatic heterocycles. The van der Waals surface area contributed by atoms with E-state index in [0.29, 0.717) is 6.42 Å². The Labute approximate surface area is 99.7 Å². The Morgan fingerprint density at radius 2 is 2.06 bits per heavy atom. The maximum absolute atomic E-state index is 10.8. The Balaban J connectivity index is 2.17. The van der Waals surface area contributed by atoms with Crippen molar-refractivity contribution in [2.24, 2.45) is 5.84 Å². The van der Waals surface area contributed by atoms with Gasteiger partial charge in [-0.15, -0.1) is 11.8 Å². The number of nitrogens with two attached hydrogens (primary N) is 2. The van der Waals surface area contributed by atoms with E-state index < -0.39 is 0 Å². The minimum atomic E-state index is -0.107. The number of hydrogen-bond donors (Lipinski definition) is 3. The van der Waals surface area contributed by atoms with Crippen LogP contribution >= 0.6 is 11.8 Å². The van der Waals surface area contributed by atoms with Gasteiger partial charge in [-0.3, -0.25) is 10.2 Å². The molecule has 5 heteroatoms. The van der Waals surface area contributed by atoms with Gasteiger partial charge in [-0.2, -0.15) is 0 Å². The first-order chi connectivity index (χ1) is 7.74. The van der Waals surface area contributed by atoms with Crippen LogP contribution in [0.2, 0.25) is 0 Å². The Bertz CT molecular complexity index is 344. The second-order valence-corrected chi connectivity index (χ2v) is 4.55. The molecule has 0 aliphatic heterocycles. The van der Waals surface area contributed by atoms with E-state index >= 15 is 0 Å². The van der Waals surface area contributed by atoms with Crippen LogP contribution in [-0.2, 0) is 4.79 Å². The number of amides is 1. The molecule has 1 amide bonds. The number of nitrogens with one attached hydrogen (secondary N) is 1. The number of rotatable bonds is 6. The quantitative estimate of drug-likeness (QED) is 0.176. The van der Waals surface area contributed by atoms with E-state index in [0.717, 1.165) is 29.2 Å². The van der Waals surface area contributed by atoms with Crippen molar-refractivity contribution in [3.05, 3.63) is 24.3 Å². The number of benzene rings is 1. The number of anilines is 1. The van der Waals surface area contributed by atoms with E-state index in [9.17, 15) is 4.79 Å². The van der Waals surface area contributed by atoms with Gasteiger partial charge in [0.15, 0.2) is 0 Å². The van der Waals surface area contributed by atoms with Gasteiger partial charge in [0.1, 0.15) is 0 Å². The van der Waals surface area contributed by atoms with E-state index in [-0.39, 0.29) is 5.91 Å². The number of hydrogen-bond acceptors (Lipinski definition) is 4. The van der Waals surface area contributed by atoms with Crippen LogP contribution in [0.25, 0.3) is 0 Å². The van der Waals surface area contributed by atoms with E-state index in [4.69, 9.17) is 11.6 Å². The van der Waals surface area contributed by atoms with E-state index in [1.54, 1.807) is 11.8 Å². The lowest BCUT2D eigenvalue weighted by Gasteiger charge is -2.04. The molecule has 0 heterocycles. The van der Waals surface area contributed by atoms with E-state index in [1.807, 2.05) is 24.3 Å². The summed E-state index contributed by atoms with van der Waals surface area (Å²) < 4.78 is 0. The smallest absolute Gasteiger partial charge is 0.233 e. The van der Waals surface area contributed by atoms with Gasteiger partial charge in [-0.25, -0.2) is 5.84 Å². The molecule has 0 atom stereocenters. The Morgan fingerprint density at radius 3 is 2.75 bits per heavy atom. The van der Waals surface area contributed by atoms with Gasteiger partial charge in [0, 0.05) is 17.0 Å². The van der Waals surface area contributed by atoms with Crippen LogP contribution in [0.5, 0.6) is 0 Å². The second-order valence-electron chi connectivity index (χ2n) is 3.41. The zero-order chi connectivity index (χ0) is 11.8. The van der Waals surface area contributed by atoms with Crippen molar-refractivity contribution in [3.63, 3.8) is 0 Å². The van der Waals surface area contributed by atoms with Crippen molar-refractivity contribution in [2.75, 3.05) is 11.5 Å². The first-order valence-corrected chi connectivity index (χ1v) is 6.19.